The fourth-order valence-electron chi connectivity index (χ4n) is 4.28. The lowest BCUT2D eigenvalue weighted by molar-refractivity contribution is 0.0489. The molecule has 194 valence electrons. The van der Waals surface area contributed by atoms with Crippen LogP contribution in [-0.4, -0.2) is 93.7 Å². The van der Waals surface area contributed by atoms with Gasteiger partial charge in [-0.1, -0.05) is 47.6 Å². The molecule has 35 heavy (non-hydrogen) atoms. The molecule has 2 aliphatic heterocycles. The molecular formula is C24H35N3O6S2. The maximum Gasteiger partial charge on any atom is 0.416 e. The topological polar surface area (TPSA) is 114 Å². The van der Waals surface area contributed by atoms with Crippen molar-refractivity contribution in [1.29, 1.82) is 0 Å². The summed E-state index contributed by atoms with van der Waals surface area (Å²) in [4.78, 5) is 31.5. The molecular weight excluding hydrogens is 490 g/mol. The first kappa shape index (κ1) is 27.8. The maximum absolute atomic E-state index is 13.4. The fourth-order valence-corrected chi connectivity index (χ4v) is 6.63. The van der Waals surface area contributed by atoms with Crippen LogP contribution >= 0.6 is 21.6 Å². The van der Waals surface area contributed by atoms with Crippen LogP contribution in [0, 0.1) is 0 Å². The van der Waals surface area contributed by atoms with Crippen LogP contribution in [0.1, 0.15) is 41.8 Å². The van der Waals surface area contributed by atoms with Crippen LogP contribution in [0.25, 0.3) is 0 Å². The quantitative estimate of drug-likeness (QED) is 0.330. The zero-order chi connectivity index (χ0) is 25.9. The molecule has 1 saturated heterocycles. The summed E-state index contributed by atoms with van der Waals surface area (Å²) in [6.45, 7) is 8.47. The predicted octanol–water partition coefficient (Wildman–Crippen LogP) is 2.44. The SMILES string of the molecule is C=C1C[C@H]2C(O)N(C(=O)OCC(CN(C)C)SSC(C)C)c3cc(CO)c(CO)cc3C(=O)N2C1. The van der Waals surface area contributed by atoms with E-state index in [0.29, 0.717) is 29.3 Å². The van der Waals surface area contributed by atoms with Crippen molar-refractivity contribution in [3.63, 3.8) is 0 Å². The molecule has 3 rings (SSSR count). The molecule has 2 amide bonds. The summed E-state index contributed by atoms with van der Waals surface area (Å²) in [6.07, 6.45) is -1.77. The third-order valence-electron chi connectivity index (χ3n) is 5.85. The lowest BCUT2D eigenvalue weighted by Gasteiger charge is -2.32. The van der Waals surface area contributed by atoms with Crippen LogP contribution in [0.15, 0.2) is 24.3 Å². The number of benzene rings is 1. The van der Waals surface area contributed by atoms with Crippen molar-refractivity contribution >= 4 is 39.3 Å². The fraction of sp³-hybridized carbons (Fsp3) is 0.583. The first-order chi connectivity index (χ1) is 16.6. The molecule has 1 fully saturated rings. The smallest absolute Gasteiger partial charge is 0.416 e. The van der Waals surface area contributed by atoms with Gasteiger partial charge in [-0.2, -0.15) is 0 Å². The van der Waals surface area contributed by atoms with E-state index < -0.39 is 25.0 Å². The summed E-state index contributed by atoms with van der Waals surface area (Å²) in [5.74, 6) is -0.369. The van der Waals surface area contributed by atoms with E-state index in [1.54, 1.807) is 21.6 Å². The maximum atomic E-state index is 13.4. The molecule has 0 spiro atoms. The highest BCUT2D eigenvalue weighted by Crippen LogP contribution is 2.38. The minimum Gasteiger partial charge on any atom is -0.448 e. The summed E-state index contributed by atoms with van der Waals surface area (Å²) in [6, 6.07) is 2.28. The highest BCUT2D eigenvalue weighted by Gasteiger charge is 2.46. The van der Waals surface area contributed by atoms with E-state index in [2.05, 4.69) is 20.4 Å². The Bertz CT molecular complexity index is 957. The molecule has 0 aromatic heterocycles. The Kier molecular flexibility index (Phi) is 9.53. The molecule has 1 aromatic carbocycles. The molecule has 3 N–H and O–H groups in total. The zero-order valence-corrected chi connectivity index (χ0v) is 22.3. The van der Waals surface area contributed by atoms with Gasteiger partial charge >= 0.3 is 6.09 Å². The lowest BCUT2D eigenvalue weighted by Crippen LogP contribution is -2.51. The average molecular weight is 526 g/mol. The number of rotatable bonds is 9. The van der Waals surface area contributed by atoms with Gasteiger partial charge in [0.05, 0.1) is 35.8 Å². The van der Waals surface area contributed by atoms with Crippen LogP contribution in [0.2, 0.25) is 0 Å². The number of anilines is 1. The molecule has 11 heteroatoms. The molecule has 0 radical (unpaired) electrons. The van der Waals surface area contributed by atoms with Crippen molar-refractivity contribution in [2.24, 2.45) is 0 Å². The third-order valence-corrected chi connectivity index (χ3v) is 9.21. The Balaban J connectivity index is 1.95. The zero-order valence-electron chi connectivity index (χ0n) is 20.6. The first-order valence-corrected chi connectivity index (χ1v) is 13.8. The third kappa shape index (κ3) is 6.33. The van der Waals surface area contributed by atoms with E-state index in [-0.39, 0.29) is 42.2 Å². The van der Waals surface area contributed by atoms with E-state index in [1.165, 1.54) is 17.0 Å². The van der Waals surface area contributed by atoms with Gasteiger partial charge in [0, 0.05) is 18.3 Å². The highest BCUT2D eigenvalue weighted by molar-refractivity contribution is 8.77. The normalized spacial score (nSPS) is 20.8. The number of hydrogen-bond acceptors (Lipinski definition) is 9. The summed E-state index contributed by atoms with van der Waals surface area (Å²) in [5, 5.41) is 31.3. The summed E-state index contributed by atoms with van der Waals surface area (Å²) < 4.78 is 5.70. The minimum atomic E-state index is -1.36. The average Bonchev–Trinajstić information content (AvgIpc) is 3.18. The number of carbonyl (C=O) groups excluding carboxylic acids is 2. The molecule has 1 aromatic rings. The van der Waals surface area contributed by atoms with Crippen molar-refractivity contribution in [2.45, 2.75) is 56.3 Å². The Morgan fingerprint density at radius 2 is 1.89 bits per heavy atom. The van der Waals surface area contributed by atoms with Crippen LogP contribution in [0.3, 0.4) is 0 Å². The Labute approximate surface area is 214 Å². The lowest BCUT2D eigenvalue weighted by atomic mass is 10.0. The second-order valence-electron chi connectivity index (χ2n) is 9.39. The second kappa shape index (κ2) is 12.0. The van der Waals surface area contributed by atoms with Gasteiger partial charge in [-0.25, -0.2) is 9.69 Å². The largest absolute Gasteiger partial charge is 0.448 e. The van der Waals surface area contributed by atoms with Gasteiger partial charge in [-0.3, -0.25) is 4.79 Å². The number of amides is 2. The number of carbonyl (C=O) groups is 2. The minimum absolute atomic E-state index is 0.000835. The first-order valence-electron chi connectivity index (χ1n) is 11.5. The van der Waals surface area contributed by atoms with Crippen LogP contribution in [0.5, 0.6) is 0 Å². The Morgan fingerprint density at radius 1 is 1.23 bits per heavy atom. The van der Waals surface area contributed by atoms with E-state index in [0.717, 1.165) is 10.5 Å². The predicted molar refractivity (Wildman–Crippen MR) is 139 cm³/mol. The molecule has 2 heterocycles. The van der Waals surface area contributed by atoms with Gasteiger partial charge in [-0.05, 0) is 43.8 Å². The number of nitrogens with zero attached hydrogens (tertiary/aromatic N) is 3. The van der Waals surface area contributed by atoms with E-state index in [1.807, 2.05) is 19.0 Å². The Morgan fingerprint density at radius 3 is 2.49 bits per heavy atom. The molecule has 0 aliphatic carbocycles. The summed E-state index contributed by atoms with van der Waals surface area (Å²) in [5.41, 5.74) is 1.84. The molecule has 9 nitrogen and oxygen atoms in total. The van der Waals surface area contributed by atoms with Crippen molar-refractivity contribution in [2.75, 3.05) is 38.7 Å². The van der Waals surface area contributed by atoms with Gasteiger partial charge in [0.15, 0.2) is 6.23 Å². The van der Waals surface area contributed by atoms with Gasteiger partial charge in [0.25, 0.3) is 5.91 Å². The van der Waals surface area contributed by atoms with E-state index in [4.69, 9.17) is 4.74 Å². The molecule has 2 unspecified atom stereocenters. The summed E-state index contributed by atoms with van der Waals surface area (Å²) >= 11 is 0. The number of hydrogen-bond donors (Lipinski definition) is 3. The molecule has 0 saturated carbocycles. The van der Waals surface area contributed by atoms with Crippen molar-refractivity contribution < 1.29 is 29.6 Å². The van der Waals surface area contributed by atoms with Crippen molar-refractivity contribution in [1.82, 2.24) is 9.80 Å². The number of aliphatic hydroxyl groups is 3. The van der Waals surface area contributed by atoms with Gasteiger partial charge < -0.3 is 29.9 Å². The summed E-state index contributed by atoms with van der Waals surface area (Å²) in [7, 11) is 7.25. The van der Waals surface area contributed by atoms with E-state index >= 15 is 0 Å². The van der Waals surface area contributed by atoms with Crippen molar-refractivity contribution in [3.05, 3.63) is 41.0 Å². The van der Waals surface area contributed by atoms with Crippen molar-refractivity contribution in [3.8, 4) is 0 Å². The van der Waals surface area contributed by atoms with Crippen LogP contribution in [0.4, 0.5) is 10.5 Å². The van der Waals surface area contributed by atoms with Crippen LogP contribution < -0.4 is 4.90 Å². The highest BCUT2D eigenvalue weighted by atomic mass is 33.1. The van der Waals surface area contributed by atoms with E-state index in [9.17, 15) is 24.9 Å². The molecule has 0 bridgehead atoms. The van der Waals surface area contributed by atoms with Gasteiger partial charge in [0.1, 0.15) is 6.61 Å². The molecule has 3 atom stereocenters. The Hall–Kier alpha value is -1.76. The standard InChI is InChI=1S/C24H35N3O6S2/c1-14(2)34-35-18(10-25(4)5)13-33-24(32)27-20-8-17(12-29)16(11-28)7-19(20)22(30)26-9-15(3)6-21(26)23(27)31/h7-8,14,18,21,23,28-29,31H,3,6,9-13H2,1-2,4-5H3/t18?,21-,23?/m0/s1. The second-order valence-corrected chi connectivity index (χ2v) is 12.5. The monoisotopic (exact) mass is 525 g/mol. The van der Waals surface area contributed by atoms with Crippen LogP contribution in [-0.2, 0) is 18.0 Å². The van der Waals surface area contributed by atoms with Gasteiger partial charge in [-0.15, -0.1) is 0 Å². The number of ether oxygens (including phenoxy) is 1. The molecule has 2 aliphatic rings. The number of fused-ring (bicyclic) bond motifs is 2. The van der Waals surface area contributed by atoms with Gasteiger partial charge in [0.2, 0.25) is 0 Å². The number of aliphatic hydroxyl groups excluding tert-OH is 3.